The third-order valence-corrected chi connectivity index (χ3v) is 10.4. The van der Waals surface area contributed by atoms with E-state index in [2.05, 4.69) is 15.3 Å². The molecule has 1 fully saturated rings. The first-order valence-corrected chi connectivity index (χ1v) is 16.4. The highest BCUT2D eigenvalue weighted by atomic mass is 32.2. The van der Waals surface area contributed by atoms with E-state index >= 15 is 0 Å². The van der Waals surface area contributed by atoms with Gasteiger partial charge in [-0.05, 0) is 55.2 Å². The van der Waals surface area contributed by atoms with Crippen molar-refractivity contribution in [1.29, 1.82) is 0 Å². The van der Waals surface area contributed by atoms with Crippen LogP contribution in [-0.4, -0.2) is 53.3 Å². The van der Waals surface area contributed by atoms with Gasteiger partial charge in [-0.2, -0.15) is 4.31 Å². The molecule has 0 radical (unpaired) electrons. The highest BCUT2D eigenvalue weighted by molar-refractivity contribution is 7.89. The van der Waals surface area contributed by atoms with E-state index in [-0.39, 0.29) is 30.3 Å². The summed E-state index contributed by atoms with van der Waals surface area (Å²) in [7, 11) is -2.52. The average Bonchev–Trinajstić information content (AvgIpc) is 3.74. The van der Waals surface area contributed by atoms with E-state index in [0.29, 0.717) is 50.8 Å². The quantitative estimate of drug-likeness (QED) is 0.194. The Labute approximate surface area is 254 Å². The number of carboxylic acids is 1. The van der Waals surface area contributed by atoms with Crippen molar-refractivity contribution in [2.24, 2.45) is 5.92 Å². The third-order valence-electron chi connectivity index (χ3n) is 7.65. The van der Waals surface area contributed by atoms with Gasteiger partial charge in [-0.15, -0.1) is 0 Å². The lowest BCUT2D eigenvalue weighted by Crippen LogP contribution is -2.32. The highest BCUT2D eigenvalue weighted by Gasteiger charge is 2.30. The summed E-state index contributed by atoms with van der Waals surface area (Å²) in [5.41, 5.74) is 1.35. The summed E-state index contributed by atoms with van der Waals surface area (Å²) < 4.78 is 39.1. The summed E-state index contributed by atoms with van der Waals surface area (Å²) in [5.74, 6) is 0.0688. The molecule has 3 heterocycles. The number of fused-ring (bicyclic) bond motifs is 1. The number of carbonyl (C=O) groups is 2. The number of ether oxygens (including phenoxy) is 1. The number of carboxylic acid groups (broad SMARTS) is 1. The van der Waals surface area contributed by atoms with Crippen LogP contribution in [0.3, 0.4) is 0 Å². The first-order chi connectivity index (χ1) is 20.6. The zero-order valence-electron chi connectivity index (χ0n) is 24.0. The smallest absolute Gasteiger partial charge is 0.304 e. The molecule has 1 saturated carbocycles. The van der Waals surface area contributed by atoms with Gasteiger partial charge in [0.1, 0.15) is 21.9 Å². The number of methoxy groups -OCH3 is 1. The second-order valence-corrected chi connectivity index (χ2v) is 13.6. The molecule has 1 aromatic carbocycles. The van der Waals surface area contributed by atoms with E-state index in [0.717, 1.165) is 30.0 Å². The fraction of sp³-hybridized carbons (Fsp3) is 0.400. The Morgan fingerprint density at radius 1 is 1.12 bits per heavy atom. The number of benzene rings is 1. The maximum Gasteiger partial charge on any atom is 0.304 e. The minimum atomic E-state index is -4.06. The minimum Gasteiger partial charge on any atom is -0.481 e. The Kier molecular flexibility index (Phi) is 9.43. The molecule has 0 spiro atoms. The van der Waals surface area contributed by atoms with Crippen molar-refractivity contribution in [2.75, 3.05) is 19.0 Å². The van der Waals surface area contributed by atoms with Gasteiger partial charge in [-0.25, -0.2) is 18.4 Å². The summed E-state index contributed by atoms with van der Waals surface area (Å²) >= 11 is 1.26. The van der Waals surface area contributed by atoms with Crippen LogP contribution in [0.5, 0.6) is 5.88 Å². The van der Waals surface area contributed by atoms with Crippen LogP contribution in [0.4, 0.5) is 5.13 Å². The molecule has 228 valence electrons. The molecule has 0 unspecified atom stereocenters. The van der Waals surface area contributed by atoms with Gasteiger partial charge < -0.3 is 19.6 Å². The predicted molar refractivity (Wildman–Crippen MR) is 162 cm³/mol. The lowest BCUT2D eigenvalue weighted by Gasteiger charge is -2.22. The molecule has 1 amide bonds. The number of amides is 1. The maximum absolute atomic E-state index is 13.7. The molecule has 43 heavy (non-hydrogen) atoms. The first kappa shape index (κ1) is 30.6. The van der Waals surface area contributed by atoms with Crippen LogP contribution in [0.25, 0.3) is 10.3 Å². The number of thiazole rings is 1. The molecule has 0 saturated heterocycles. The summed E-state index contributed by atoms with van der Waals surface area (Å²) in [6, 6.07) is 13.2. The van der Waals surface area contributed by atoms with E-state index in [1.807, 2.05) is 0 Å². The summed E-state index contributed by atoms with van der Waals surface area (Å²) in [5, 5.41) is 12.6. The van der Waals surface area contributed by atoms with Crippen LogP contribution < -0.4 is 10.1 Å². The molecule has 1 atom stereocenters. The zero-order valence-corrected chi connectivity index (χ0v) is 25.6. The number of furan rings is 1. The number of aliphatic carboxylic acids is 1. The van der Waals surface area contributed by atoms with Gasteiger partial charge in [-0.3, -0.25) is 9.59 Å². The molecule has 0 aliphatic heterocycles. The molecule has 3 aromatic heterocycles. The van der Waals surface area contributed by atoms with Crippen LogP contribution in [0, 0.1) is 12.8 Å². The van der Waals surface area contributed by atoms with Crippen molar-refractivity contribution >= 4 is 48.7 Å². The van der Waals surface area contributed by atoms with Crippen molar-refractivity contribution in [1.82, 2.24) is 14.3 Å². The summed E-state index contributed by atoms with van der Waals surface area (Å²) in [6.07, 6.45) is 4.63. The van der Waals surface area contributed by atoms with Gasteiger partial charge >= 0.3 is 5.97 Å². The second-order valence-electron chi connectivity index (χ2n) is 10.7. The van der Waals surface area contributed by atoms with Crippen LogP contribution >= 0.6 is 11.3 Å². The Morgan fingerprint density at radius 2 is 1.86 bits per heavy atom. The van der Waals surface area contributed by atoms with Gasteiger partial charge in [-0.1, -0.05) is 49.2 Å². The average molecular weight is 627 g/mol. The van der Waals surface area contributed by atoms with Gasteiger partial charge in [0.25, 0.3) is 0 Å². The van der Waals surface area contributed by atoms with Crippen molar-refractivity contribution in [2.45, 2.75) is 62.8 Å². The summed E-state index contributed by atoms with van der Waals surface area (Å²) in [6.45, 7) is 1.44. The number of anilines is 1. The number of hydrogen-bond donors (Lipinski definition) is 2. The Bertz CT molecular complexity index is 1690. The van der Waals surface area contributed by atoms with Gasteiger partial charge in [0, 0.05) is 12.6 Å². The topological polar surface area (TPSA) is 152 Å². The van der Waals surface area contributed by atoms with Crippen molar-refractivity contribution in [3.8, 4) is 5.88 Å². The number of pyridine rings is 1. The largest absolute Gasteiger partial charge is 0.481 e. The van der Waals surface area contributed by atoms with Crippen LogP contribution in [-0.2, 0) is 26.2 Å². The molecule has 0 bridgehead atoms. The molecule has 2 N–H and O–H groups in total. The number of nitrogens with zero attached hydrogens (tertiary/aromatic N) is 3. The van der Waals surface area contributed by atoms with E-state index in [1.165, 1.54) is 30.6 Å². The number of aryl methyl sites for hydroxylation is 1. The van der Waals surface area contributed by atoms with Crippen LogP contribution in [0.1, 0.15) is 61.5 Å². The number of sulfonamides is 1. The summed E-state index contributed by atoms with van der Waals surface area (Å²) in [4.78, 5) is 34.5. The van der Waals surface area contributed by atoms with E-state index in [1.54, 1.807) is 43.3 Å². The van der Waals surface area contributed by atoms with E-state index in [4.69, 9.17) is 9.15 Å². The molecule has 5 rings (SSSR count). The highest BCUT2D eigenvalue weighted by Crippen LogP contribution is 2.36. The molecular weight excluding hydrogens is 592 g/mol. The fourth-order valence-electron chi connectivity index (χ4n) is 5.40. The SMILES string of the molecule is COc1ccc2nc(NC(=O)[C@H](CC3CCCC3)c3ccc(S(=O)(=O)N(CCC(=O)O)Cc4ccc(C)o4)cc3)sc2n1. The fourth-order valence-corrected chi connectivity index (χ4v) is 7.64. The predicted octanol–water partition coefficient (Wildman–Crippen LogP) is 5.57. The van der Waals surface area contributed by atoms with E-state index < -0.39 is 21.9 Å². The van der Waals surface area contributed by atoms with Crippen LogP contribution in [0.15, 0.2) is 57.8 Å². The van der Waals surface area contributed by atoms with Gasteiger partial charge in [0.15, 0.2) is 5.13 Å². The molecule has 4 aromatic rings. The van der Waals surface area contributed by atoms with Crippen molar-refractivity contribution in [3.63, 3.8) is 0 Å². The maximum atomic E-state index is 13.7. The standard InChI is InChI=1S/C30H34N4O7S2/c1-19-7-10-22(41-19)18-34(16-15-27(35)36)43(38,39)23-11-8-21(9-12-23)24(17-20-5-3-4-6-20)28(37)33-30-31-25-13-14-26(40-2)32-29(25)42-30/h7-14,20,24H,3-6,15-18H2,1-2H3,(H,35,36)(H,31,33,37)/t24-/m1/s1. The van der Waals surface area contributed by atoms with Crippen molar-refractivity contribution in [3.05, 3.63) is 65.6 Å². The van der Waals surface area contributed by atoms with Crippen molar-refractivity contribution < 1.29 is 32.3 Å². The third kappa shape index (κ3) is 7.40. The lowest BCUT2D eigenvalue weighted by atomic mass is 9.87. The Balaban J connectivity index is 1.38. The number of rotatable bonds is 13. The Hall–Kier alpha value is -3.81. The molecule has 13 heteroatoms. The Morgan fingerprint density at radius 3 is 2.51 bits per heavy atom. The minimum absolute atomic E-state index is 0.0103. The normalized spacial score (nSPS) is 14.8. The second kappa shape index (κ2) is 13.2. The molecule has 1 aliphatic rings. The van der Waals surface area contributed by atoms with E-state index in [9.17, 15) is 23.1 Å². The van der Waals surface area contributed by atoms with Crippen LogP contribution in [0.2, 0.25) is 0 Å². The zero-order chi connectivity index (χ0) is 30.6. The number of aromatic nitrogens is 2. The first-order valence-electron chi connectivity index (χ1n) is 14.1. The molecular formula is C30H34N4O7S2. The lowest BCUT2D eigenvalue weighted by molar-refractivity contribution is -0.137. The van der Waals surface area contributed by atoms with Gasteiger partial charge in [0.2, 0.25) is 21.8 Å². The molecule has 1 aliphatic carbocycles. The number of hydrogen-bond acceptors (Lipinski definition) is 9. The monoisotopic (exact) mass is 626 g/mol. The molecule has 11 nitrogen and oxygen atoms in total. The number of nitrogens with one attached hydrogen (secondary N) is 1. The number of carbonyl (C=O) groups excluding carboxylic acids is 1. The van der Waals surface area contributed by atoms with Gasteiger partial charge in [0.05, 0.1) is 30.9 Å².